The molecule has 1 aromatic heterocycles. The van der Waals surface area contributed by atoms with Gasteiger partial charge in [0, 0.05) is 23.2 Å². The summed E-state index contributed by atoms with van der Waals surface area (Å²) in [6, 6.07) is 6.84. The number of nitrogens with one attached hydrogen (secondary N) is 2. The van der Waals surface area contributed by atoms with E-state index in [1.807, 2.05) is 38.1 Å². The highest BCUT2D eigenvalue weighted by atomic mass is 35.5. The van der Waals surface area contributed by atoms with E-state index in [-0.39, 0.29) is 11.8 Å². The molecule has 0 fully saturated rings. The van der Waals surface area contributed by atoms with Gasteiger partial charge >= 0.3 is 0 Å². The first-order valence-electron chi connectivity index (χ1n) is 8.56. The molecule has 144 valence electrons. The van der Waals surface area contributed by atoms with Crippen LogP contribution in [0.3, 0.4) is 0 Å². The third kappa shape index (κ3) is 5.58. The zero-order valence-corrected chi connectivity index (χ0v) is 16.9. The number of hydrogen-bond acceptors (Lipinski definition) is 3. The second kappa shape index (κ2) is 9.58. The molecule has 0 bridgehead atoms. The summed E-state index contributed by atoms with van der Waals surface area (Å²) in [7, 11) is 0. The fourth-order valence-electron chi connectivity index (χ4n) is 2.46. The molecule has 0 aliphatic heterocycles. The van der Waals surface area contributed by atoms with Gasteiger partial charge in [0.1, 0.15) is 11.2 Å². The molecule has 1 heterocycles. The normalized spacial score (nSPS) is 12.2. The van der Waals surface area contributed by atoms with Crippen LogP contribution in [0.2, 0.25) is 10.2 Å². The predicted molar refractivity (Wildman–Crippen MR) is 108 cm³/mol. The van der Waals surface area contributed by atoms with Crippen molar-refractivity contribution in [1.82, 2.24) is 20.4 Å². The quantitative estimate of drug-likeness (QED) is 0.690. The van der Waals surface area contributed by atoms with Gasteiger partial charge in [0.15, 0.2) is 0 Å². The first-order chi connectivity index (χ1) is 12.8. The molecule has 2 N–H and O–H groups in total. The van der Waals surface area contributed by atoms with Crippen molar-refractivity contribution in [2.75, 3.05) is 6.54 Å². The van der Waals surface area contributed by atoms with E-state index in [2.05, 4.69) is 15.7 Å². The number of likely N-dealkylation sites (N-methyl/N-ethyl adjacent to an activating group) is 1. The third-order valence-corrected chi connectivity index (χ3v) is 4.66. The molecule has 0 aliphatic carbocycles. The van der Waals surface area contributed by atoms with Crippen molar-refractivity contribution in [2.24, 2.45) is 0 Å². The van der Waals surface area contributed by atoms with Gasteiger partial charge in [-0.3, -0.25) is 9.59 Å². The Labute approximate surface area is 168 Å². The molecule has 2 aromatic rings. The summed E-state index contributed by atoms with van der Waals surface area (Å²) in [6.45, 7) is 6.18. The molecule has 0 aliphatic rings. The Morgan fingerprint density at radius 1 is 1.30 bits per heavy atom. The minimum Gasteiger partial charge on any atom is -0.355 e. The summed E-state index contributed by atoms with van der Waals surface area (Å²) < 4.78 is 1.63. The van der Waals surface area contributed by atoms with E-state index in [9.17, 15) is 9.59 Å². The second-order valence-electron chi connectivity index (χ2n) is 6.00. The molecule has 6 nitrogen and oxygen atoms in total. The van der Waals surface area contributed by atoms with Crippen LogP contribution < -0.4 is 10.6 Å². The maximum atomic E-state index is 12.0. The van der Waals surface area contributed by atoms with Crippen LogP contribution in [-0.2, 0) is 16.1 Å². The Morgan fingerprint density at radius 3 is 2.67 bits per heavy atom. The van der Waals surface area contributed by atoms with Crippen LogP contribution in [0.1, 0.15) is 30.7 Å². The zero-order valence-electron chi connectivity index (χ0n) is 15.4. The summed E-state index contributed by atoms with van der Waals surface area (Å²) in [6.07, 6.45) is 2.93. The highest BCUT2D eigenvalue weighted by molar-refractivity contribution is 6.32. The minimum atomic E-state index is -0.624. The highest BCUT2D eigenvalue weighted by Crippen LogP contribution is 2.24. The topological polar surface area (TPSA) is 76.0 Å². The molecule has 0 spiro atoms. The number of benzene rings is 1. The maximum absolute atomic E-state index is 12.0. The Balaban J connectivity index is 2.10. The number of rotatable bonds is 7. The van der Waals surface area contributed by atoms with E-state index in [0.29, 0.717) is 34.5 Å². The van der Waals surface area contributed by atoms with Gasteiger partial charge in [-0.25, -0.2) is 4.68 Å². The average molecular weight is 409 g/mol. The summed E-state index contributed by atoms with van der Waals surface area (Å²) in [5.41, 5.74) is 2.23. The largest absolute Gasteiger partial charge is 0.355 e. The number of carbonyl (C=O) groups is 2. The van der Waals surface area contributed by atoms with Crippen LogP contribution in [0, 0.1) is 6.92 Å². The SMILES string of the molecule is CCNC(=O)[C@@H](C)NC(=O)/C=C/c1c(C)nn(Cc2ccccc2Cl)c1Cl. The van der Waals surface area contributed by atoms with Gasteiger partial charge in [-0.2, -0.15) is 5.10 Å². The van der Waals surface area contributed by atoms with Gasteiger partial charge in [-0.1, -0.05) is 41.4 Å². The van der Waals surface area contributed by atoms with Crippen molar-refractivity contribution < 1.29 is 9.59 Å². The lowest BCUT2D eigenvalue weighted by atomic mass is 10.2. The molecule has 0 radical (unpaired) electrons. The highest BCUT2D eigenvalue weighted by Gasteiger charge is 2.15. The van der Waals surface area contributed by atoms with Crippen molar-refractivity contribution in [1.29, 1.82) is 0 Å². The molecule has 8 heteroatoms. The number of amides is 2. The fourth-order valence-corrected chi connectivity index (χ4v) is 2.96. The van der Waals surface area contributed by atoms with Gasteiger partial charge in [-0.05, 0) is 38.5 Å². The van der Waals surface area contributed by atoms with Gasteiger partial charge in [-0.15, -0.1) is 0 Å². The number of carbonyl (C=O) groups excluding carboxylic acids is 2. The summed E-state index contributed by atoms with van der Waals surface area (Å²) >= 11 is 12.6. The smallest absolute Gasteiger partial charge is 0.244 e. The maximum Gasteiger partial charge on any atom is 0.244 e. The molecular weight excluding hydrogens is 387 g/mol. The molecule has 1 aromatic carbocycles. The van der Waals surface area contributed by atoms with Crippen LogP contribution in [-0.4, -0.2) is 34.2 Å². The number of hydrogen-bond donors (Lipinski definition) is 2. The molecule has 0 saturated heterocycles. The molecule has 27 heavy (non-hydrogen) atoms. The lowest BCUT2D eigenvalue weighted by Crippen LogP contribution is -2.44. The first kappa shape index (κ1) is 21.0. The van der Waals surface area contributed by atoms with Crippen LogP contribution in [0.5, 0.6) is 0 Å². The van der Waals surface area contributed by atoms with Crippen LogP contribution in [0.25, 0.3) is 6.08 Å². The van der Waals surface area contributed by atoms with Crippen molar-refractivity contribution in [2.45, 2.75) is 33.4 Å². The lowest BCUT2D eigenvalue weighted by molar-refractivity contribution is -0.126. The summed E-state index contributed by atoms with van der Waals surface area (Å²) in [5.74, 6) is -0.621. The standard InChI is InChI=1S/C19H22Cl2N4O2/c1-4-22-19(27)13(3)23-17(26)10-9-15-12(2)24-25(18(15)21)11-14-7-5-6-8-16(14)20/h5-10,13H,4,11H2,1-3H3,(H,22,27)(H,23,26)/b10-9+/t13-/m1/s1. The summed E-state index contributed by atoms with van der Waals surface area (Å²) in [5, 5.41) is 10.7. The van der Waals surface area contributed by atoms with Crippen LogP contribution >= 0.6 is 23.2 Å². The van der Waals surface area contributed by atoms with Crippen LogP contribution in [0.15, 0.2) is 30.3 Å². The third-order valence-electron chi connectivity index (χ3n) is 3.89. The van der Waals surface area contributed by atoms with Gasteiger partial charge in [0.2, 0.25) is 11.8 Å². The van der Waals surface area contributed by atoms with Gasteiger partial charge in [0.25, 0.3) is 0 Å². The van der Waals surface area contributed by atoms with E-state index in [4.69, 9.17) is 23.2 Å². The summed E-state index contributed by atoms with van der Waals surface area (Å²) in [4.78, 5) is 23.7. The van der Waals surface area contributed by atoms with Crippen molar-refractivity contribution >= 4 is 41.1 Å². The second-order valence-corrected chi connectivity index (χ2v) is 6.76. The van der Waals surface area contributed by atoms with Crippen molar-refractivity contribution in [3.63, 3.8) is 0 Å². The van der Waals surface area contributed by atoms with Gasteiger partial charge < -0.3 is 10.6 Å². The lowest BCUT2D eigenvalue weighted by Gasteiger charge is -2.11. The zero-order chi connectivity index (χ0) is 20.0. The molecule has 0 saturated carbocycles. The van der Waals surface area contributed by atoms with E-state index >= 15 is 0 Å². The average Bonchev–Trinajstić information content (AvgIpc) is 2.88. The number of aryl methyl sites for hydroxylation is 1. The Kier molecular flexibility index (Phi) is 7.45. The van der Waals surface area contributed by atoms with E-state index < -0.39 is 6.04 Å². The first-order valence-corrected chi connectivity index (χ1v) is 9.31. The van der Waals surface area contributed by atoms with Crippen molar-refractivity contribution in [3.8, 4) is 0 Å². The molecular formula is C19H22Cl2N4O2. The molecule has 1 atom stereocenters. The molecule has 0 unspecified atom stereocenters. The van der Waals surface area contributed by atoms with Crippen molar-refractivity contribution in [3.05, 3.63) is 57.3 Å². The number of halogens is 2. The fraction of sp³-hybridized carbons (Fsp3) is 0.316. The number of nitrogens with zero attached hydrogens (tertiary/aromatic N) is 2. The molecule has 2 amide bonds. The van der Waals surface area contributed by atoms with Gasteiger partial charge in [0.05, 0.1) is 12.2 Å². The van der Waals surface area contributed by atoms with E-state index in [0.717, 1.165) is 5.56 Å². The molecule has 2 rings (SSSR count). The Hall–Kier alpha value is -2.31. The Morgan fingerprint density at radius 2 is 2.00 bits per heavy atom. The van der Waals surface area contributed by atoms with E-state index in [1.165, 1.54) is 6.08 Å². The minimum absolute atomic E-state index is 0.235. The Bertz CT molecular complexity index is 861. The van der Waals surface area contributed by atoms with Crippen LogP contribution in [0.4, 0.5) is 0 Å². The monoisotopic (exact) mass is 408 g/mol. The predicted octanol–water partition coefficient (Wildman–Crippen LogP) is 3.20. The van der Waals surface area contributed by atoms with E-state index in [1.54, 1.807) is 17.7 Å². The number of aromatic nitrogens is 2.